The van der Waals surface area contributed by atoms with Crippen molar-refractivity contribution in [2.75, 3.05) is 0 Å². The minimum atomic E-state index is -4.58. The fourth-order valence-electron chi connectivity index (χ4n) is 1.49. The van der Waals surface area contributed by atoms with E-state index in [-0.39, 0.29) is 15.4 Å². The van der Waals surface area contributed by atoms with E-state index in [1.165, 1.54) is 25.4 Å². The molecule has 0 saturated heterocycles. The number of aromatic nitrogens is 1. The summed E-state index contributed by atoms with van der Waals surface area (Å²) >= 11 is 4.81. The van der Waals surface area contributed by atoms with Crippen LogP contribution in [0.3, 0.4) is 0 Å². The third kappa shape index (κ3) is 2.30. The van der Waals surface area contributed by atoms with Crippen molar-refractivity contribution in [3.63, 3.8) is 0 Å². The van der Waals surface area contributed by atoms with Gasteiger partial charge >= 0.3 is 6.18 Å². The molecule has 0 amide bonds. The summed E-state index contributed by atoms with van der Waals surface area (Å²) in [6, 6.07) is 1.96. The smallest absolute Gasteiger partial charge is 0.279 e. The summed E-state index contributed by atoms with van der Waals surface area (Å²) in [6.45, 7) is 0. The highest BCUT2D eigenvalue weighted by atomic mass is 127. The van der Waals surface area contributed by atoms with Crippen LogP contribution in [0, 0.1) is 5.82 Å². The number of nitrogens with zero attached hydrogens (tertiary/aromatic N) is 1. The third-order valence-corrected chi connectivity index (χ3v) is 4.78. The molecular formula is C9H3BrF4INS. The molecule has 17 heavy (non-hydrogen) atoms. The first kappa shape index (κ1) is 13.5. The Labute approximate surface area is 118 Å². The molecule has 1 nitrogen and oxygen atoms in total. The second kappa shape index (κ2) is 4.61. The molecule has 0 atom stereocenters. The first-order chi connectivity index (χ1) is 7.86. The van der Waals surface area contributed by atoms with Crippen LogP contribution >= 0.6 is 46.3 Å². The van der Waals surface area contributed by atoms with E-state index in [0.29, 0.717) is 6.07 Å². The zero-order valence-electron chi connectivity index (χ0n) is 7.86. The molecule has 0 radical (unpaired) electrons. The monoisotopic (exact) mass is 439 g/mol. The van der Waals surface area contributed by atoms with Crippen molar-refractivity contribution in [3.8, 4) is 0 Å². The molecule has 1 heterocycles. The quantitative estimate of drug-likeness (QED) is 0.425. The van der Waals surface area contributed by atoms with Crippen LogP contribution in [0.5, 0.6) is 0 Å². The van der Waals surface area contributed by atoms with Gasteiger partial charge in [0.2, 0.25) is 0 Å². The molecule has 0 bridgehead atoms. The number of hydrogen-bond acceptors (Lipinski definition) is 1. The van der Waals surface area contributed by atoms with Crippen LogP contribution in [0.4, 0.5) is 17.6 Å². The average Bonchev–Trinajstić information content (AvgIpc) is 2.66. The van der Waals surface area contributed by atoms with Crippen molar-refractivity contribution >= 4 is 57.2 Å². The maximum atomic E-state index is 13.7. The van der Waals surface area contributed by atoms with Crippen LogP contribution in [0.2, 0.25) is 0 Å². The molecule has 0 fully saturated rings. The van der Waals surface area contributed by atoms with Crippen molar-refractivity contribution in [1.29, 1.82) is 0 Å². The van der Waals surface area contributed by atoms with Gasteiger partial charge in [-0.1, -0.05) is 0 Å². The van der Waals surface area contributed by atoms with Crippen LogP contribution in [0.15, 0.2) is 22.8 Å². The van der Waals surface area contributed by atoms with Gasteiger partial charge in [0.05, 0.1) is 11.1 Å². The molecule has 0 unspecified atom stereocenters. The van der Waals surface area contributed by atoms with Crippen molar-refractivity contribution in [1.82, 2.24) is 3.97 Å². The Hall–Kier alpha value is 0.0400. The first-order valence-corrected chi connectivity index (χ1v) is 8.32. The highest BCUT2D eigenvalue weighted by Crippen LogP contribution is 2.41. The molecule has 8 heteroatoms. The molecular weight excluding hydrogens is 437 g/mol. The second-order valence-corrected chi connectivity index (χ2v) is 5.70. The second-order valence-electron chi connectivity index (χ2n) is 3.19. The number of rotatable bonds is 1. The highest BCUT2D eigenvalue weighted by molar-refractivity contribution is 14.2. The normalized spacial score (nSPS) is 12.4. The first-order valence-electron chi connectivity index (χ1n) is 4.21. The lowest BCUT2D eigenvalue weighted by atomic mass is 10.1. The molecule has 2 rings (SSSR count). The Bertz CT molecular complexity index is 580. The van der Waals surface area contributed by atoms with Gasteiger partial charge < -0.3 is 0 Å². The standard InChI is InChI=1S/C9H3BrF4INS/c10-7-4-1-2-16(17-15)8(4)6(11)3-5(7)9(12,13)14/h1-3H. The zero-order chi connectivity index (χ0) is 12.8. The largest absolute Gasteiger partial charge is 0.417 e. The minimum absolute atomic E-state index is 0.134. The van der Waals surface area contributed by atoms with E-state index >= 15 is 0 Å². The van der Waals surface area contributed by atoms with Crippen LogP contribution in [-0.4, -0.2) is 3.97 Å². The van der Waals surface area contributed by atoms with E-state index in [1.54, 1.807) is 0 Å². The van der Waals surface area contributed by atoms with Gasteiger partial charge in [0, 0.05) is 46.4 Å². The number of hydrogen-bond donors (Lipinski definition) is 0. The number of alkyl halides is 3. The van der Waals surface area contributed by atoms with Crippen molar-refractivity contribution < 1.29 is 17.6 Å². The summed E-state index contributed by atoms with van der Waals surface area (Å²) in [4.78, 5) is 0. The molecule has 0 spiro atoms. The highest BCUT2D eigenvalue weighted by Gasteiger charge is 2.35. The Kier molecular flexibility index (Phi) is 3.66. The molecule has 0 aliphatic heterocycles. The van der Waals surface area contributed by atoms with Gasteiger partial charge in [0.25, 0.3) is 0 Å². The number of fused-ring (bicyclic) bond motifs is 1. The van der Waals surface area contributed by atoms with Crippen molar-refractivity contribution in [2.45, 2.75) is 6.18 Å². The fourth-order valence-corrected chi connectivity index (χ4v) is 3.50. The Morgan fingerprint density at radius 2 is 2.00 bits per heavy atom. The topological polar surface area (TPSA) is 4.93 Å². The number of benzene rings is 1. The Morgan fingerprint density at radius 1 is 1.35 bits per heavy atom. The molecule has 0 aliphatic rings. The molecule has 92 valence electrons. The van der Waals surface area contributed by atoms with Gasteiger partial charge in [-0.3, -0.25) is 3.97 Å². The van der Waals surface area contributed by atoms with Crippen LogP contribution in [0.25, 0.3) is 10.9 Å². The SMILES string of the molecule is Fc1cc(C(F)(F)F)c(Br)c2ccn(SI)c12. The van der Waals surface area contributed by atoms with Gasteiger partial charge in [-0.2, -0.15) is 13.2 Å². The maximum absolute atomic E-state index is 13.7. The number of halogens is 6. The molecule has 1 aromatic carbocycles. The van der Waals surface area contributed by atoms with E-state index in [9.17, 15) is 17.6 Å². The van der Waals surface area contributed by atoms with Crippen LogP contribution in [-0.2, 0) is 6.18 Å². The van der Waals surface area contributed by atoms with Gasteiger partial charge in [-0.25, -0.2) is 4.39 Å². The summed E-state index contributed by atoms with van der Waals surface area (Å²) in [6.07, 6.45) is -3.05. The molecule has 2 aromatic rings. The average molecular weight is 440 g/mol. The molecule has 1 aromatic heterocycles. The van der Waals surface area contributed by atoms with Gasteiger partial charge in [0.1, 0.15) is 5.82 Å². The Balaban J connectivity index is 2.83. The van der Waals surface area contributed by atoms with Crippen molar-refractivity contribution in [3.05, 3.63) is 34.2 Å². The predicted molar refractivity (Wildman–Crippen MR) is 71.6 cm³/mol. The lowest BCUT2D eigenvalue weighted by Gasteiger charge is -2.11. The van der Waals surface area contributed by atoms with Crippen LogP contribution < -0.4 is 0 Å². The van der Waals surface area contributed by atoms with Gasteiger partial charge in [-0.15, -0.1) is 0 Å². The van der Waals surface area contributed by atoms with Crippen LogP contribution in [0.1, 0.15) is 5.56 Å². The van der Waals surface area contributed by atoms with E-state index in [0.717, 1.165) is 0 Å². The summed E-state index contributed by atoms with van der Waals surface area (Å²) in [5.41, 5.74) is -0.858. The lowest BCUT2D eigenvalue weighted by molar-refractivity contribution is -0.138. The van der Waals surface area contributed by atoms with Crippen molar-refractivity contribution in [2.24, 2.45) is 0 Å². The zero-order valence-corrected chi connectivity index (χ0v) is 12.4. The lowest BCUT2D eigenvalue weighted by Crippen LogP contribution is -2.07. The summed E-state index contributed by atoms with van der Waals surface area (Å²) < 4.78 is 52.9. The van der Waals surface area contributed by atoms with E-state index in [1.807, 2.05) is 21.2 Å². The van der Waals surface area contributed by atoms with E-state index < -0.39 is 17.6 Å². The Morgan fingerprint density at radius 3 is 2.53 bits per heavy atom. The maximum Gasteiger partial charge on any atom is 0.417 e. The predicted octanol–water partition coefficient (Wildman–Crippen LogP) is 5.41. The van der Waals surface area contributed by atoms with Gasteiger partial charge in [-0.05, 0) is 28.1 Å². The van der Waals surface area contributed by atoms with E-state index in [2.05, 4.69) is 15.9 Å². The summed E-state index contributed by atoms with van der Waals surface area (Å²) in [5.74, 6) is -0.885. The minimum Gasteiger partial charge on any atom is -0.279 e. The molecule has 0 saturated carbocycles. The third-order valence-electron chi connectivity index (χ3n) is 2.20. The van der Waals surface area contributed by atoms with E-state index in [4.69, 9.17) is 0 Å². The fraction of sp³-hybridized carbons (Fsp3) is 0.111. The molecule has 0 N–H and O–H groups in total. The van der Waals surface area contributed by atoms with Gasteiger partial charge in [0.15, 0.2) is 0 Å². The molecule has 0 aliphatic carbocycles. The summed E-state index contributed by atoms with van der Waals surface area (Å²) in [7, 11) is 1.19. The summed E-state index contributed by atoms with van der Waals surface area (Å²) in [5, 5.41) is 0.210.